The highest BCUT2D eigenvalue weighted by Crippen LogP contribution is 2.19. The number of amidine groups is 1. The monoisotopic (exact) mass is 294 g/mol. The Morgan fingerprint density at radius 2 is 2.05 bits per heavy atom. The Hall–Kier alpha value is -3.19. The first-order chi connectivity index (χ1) is 10.7. The molecule has 7 heteroatoms. The first kappa shape index (κ1) is 13.8. The molecule has 0 saturated carbocycles. The lowest BCUT2D eigenvalue weighted by atomic mass is 10.2. The molecule has 0 amide bonds. The van der Waals surface area contributed by atoms with Gasteiger partial charge in [0.1, 0.15) is 5.65 Å². The maximum absolute atomic E-state index is 10.8. The molecule has 0 saturated heterocycles. The first-order valence-electron chi connectivity index (χ1n) is 6.55. The molecule has 0 unspecified atom stereocenters. The van der Waals surface area contributed by atoms with Gasteiger partial charge in [0.25, 0.3) is 0 Å². The molecule has 0 radical (unpaired) electrons. The highest BCUT2D eigenvalue weighted by atomic mass is 16.1. The molecule has 0 bridgehead atoms. The Balaban J connectivity index is 2.01. The van der Waals surface area contributed by atoms with Crippen LogP contribution in [-0.2, 0) is 0 Å². The summed E-state index contributed by atoms with van der Waals surface area (Å²) in [5.74, 6) is 5.41. The van der Waals surface area contributed by atoms with Crippen molar-refractivity contribution in [3.05, 3.63) is 59.9 Å². The van der Waals surface area contributed by atoms with Crippen molar-refractivity contribution in [2.45, 2.75) is 0 Å². The van der Waals surface area contributed by atoms with E-state index in [1.807, 2.05) is 41.1 Å². The van der Waals surface area contributed by atoms with Crippen LogP contribution in [0.4, 0.5) is 0 Å². The number of carbonyl (C=O) groups excluding carboxylic acids is 1. The summed E-state index contributed by atoms with van der Waals surface area (Å²) in [6, 6.07) is 11.2. The van der Waals surface area contributed by atoms with E-state index in [1.54, 1.807) is 12.3 Å². The summed E-state index contributed by atoms with van der Waals surface area (Å²) in [7, 11) is 0. The van der Waals surface area contributed by atoms with Crippen molar-refractivity contribution in [2.24, 2.45) is 16.7 Å². The third-order valence-electron chi connectivity index (χ3n) is 3.31. The topological polar surface area (TPSA) is 111 Å². The number of hydrogen-bond donors (Lipinski definition) is 3. The van der Waals surface area contributed by atoms with Crippen LogP contribution in [0.2, 0.25) is 0 Å². The molecule has 3 aromatic rings. The summed E-state index contributed by atoms with van der Waals surface area (Å²) in [6.07, 6.45) is 4.24. The second kappa shape index (κ2) is 5.66. The van der Waals surface area contributed by atoms with Crippen molar-refractivity contribution in [1.29, 1.82) is 0 Å². The van der Waals surface area contributed by atoms with Gasteiger partial charge in [-0.2, -0.15) is 0 Å². The summed E-state index contributed by atoms with van der Waals surface area (Å²) < 4.78 is 1.93. The summed E-state index contributed by atoms with van der Waals surface area (Å²) in [4.78, 5) is 15.1. The van der Waals surface area contributed by atoms with E-state index >= 15 is 0 Å². The summed E-state index contributed by atoms with van der Waals surface area (Å²) >= 11 is 0. The molecule has 0 spiro atoms. The normalized spacial score (nSPS) is 11.6. The second-order valence-electron chi connectivity index (χ2n) is 4.66. The van der Waals surface area contributed by atoms with Crippen molar-refractivity contribution >= 4 is 23.2 Å². The van der Waals surface area contributed by atoms with Crippen molar-refractivity contribution in [3.63, 3.8) is 0 Å². The molecule has 1 aromatic carbocycles. The number of carbonyl (C=O) groups is 1. The van der Waals surface area contributed by atoms with Crippen LogP contribution in [0.25, 0.3) is 16.7 Å². The Bertz CT molecular complexity index is 850. The minimum Gasteiger partial charge on any atom is -0.382 e. The Kier molecular flexibility index (Phi) is 3.55. The number of rotatable bonds is 4. The average Bonchev–Trinajstić information content (AvgIpc) is 2.98. The van der Waals surface area contributed by atoms with Crippen LogP contribution in [0.5, 0.6) is 0 Å². The largest absolute Gasteiger partial charge is 0.382 e. The van der Waals surface area contributed by atoms with Gasteiger partial charge in [0.2, 0.25) is 0 Å². The van der Waals surface area contributed by atoms with Crippen LogP contribution in [-0.4, -0.2) is 21.7 Å². The summed E-state index contributed by atoms with van der Waals surface area (Å²) in [6.45, 7) is 0. The quantitative estimate of drug-likeness (QED) is 0.218. The third kappa shape index (κ3) is 2.40. The fourth-order valence-corrected chi connectivity index (χ4v) is 2.24. The SMILES string of the molecule is NN/N=C(\N)c1ccc(-n2ccc3cc(C=O)cnc32)cc1. The van der Waals surface area contributed by atoms with E-state index in [0.29, 0.717) is 11.4 Å². The van der Waals surface area contributed by atoms with Crippen molar-refractivity contribution in [1.82, 2.24) is 15.1 Å². The number of nitrogens with two attached hydrogens (primary N) is 2. The highest BCUT2D eigenvalue weighted by Gasteiger charge is 2.06. The molecule has 0 aliphatic rings. The zero-order valence-electron chi connectivity index (χ0n) is 11.6. The van der Waals surface area contributed by atoms with E-state index in [0.717, 1.165) is 28.6 Å². The van der Waals surface area contributed by atoms with E-state index in [4.69, 9.17) is 11.6 Å². The zero-order valence-corrected chi connectivity index (χ0v) is 11.6. The van der Waals surface area contributed by atoms with Gasteiger partial charge >= 0.3 is 0 Å². The van der Waals surface area contributed by atoms with Crippen LogP contribution in [0, 0.1) is 0 Å². The van der Waals surface area contributed by atoms with Gasteiger partial charge in [0.15, 0.2) is 12.1 Å². The molecule has 0 aliphatic carbocycles. The molecule has 5 N–H and O–H groups in total. The average molecular weight is 294 g/mol. The van der Waals surface area contributed by atoms with E-state index in [-0.39, 0.29) is 0 Å². The zero-order chi connectivity index (χ0) is 15.5. The fraction of sp³-hybridized carbons (Fsp3) is 0. The van der Waals surface area contributed by atoms with E-state index < -0.39 is 0 Å². The predicted molar refractivity (Wildman–Crippen MR) is 84.5 cm³/mol. The molecular weight excluding hydrogens is 280 g/mol. The molecule has 7 nitrogen and oxygen atoms in total. The minimum atomic E-state index is 0.306. The number of benzene rings is 1. The van der Waals surface area contributed by atoms with Gasteiger partial charge in [0.05, 0.1) is 0 Å². The maximum atomic E-state index is 10.8. The van der Waals surface area contributed by atoms with Crippen molar-refractivity contribution in [3.8, 4) is 5.69 Å². The van der Waals surface area contributed by atoms with Gasteiger partial charge in [-0.25, -0.2) is 16.4 Å². The van der Waals surface area contributed by atoms with Crippen LogP contribution in [0.3, 0.4) is 0 Å². The molecular formula is C15H14N6O. The van der Waals surface area contributed by atoms with Crippen molar-refractivity contribution in [2.75, 3.05) is 0 Å². The number of nitrogens with zero attached hydrogens (tertiary/aromatic N) is 3. The second-order valence-corrected chi connectivity index (χ2v) is 4.66. The number of fused-ring (bicyclic) bond motifs is 1. The Morgan fingerprint density at radius 3 is 2.73 bits per heavy atom. The van der Waals surface area contributed by atoms with Gasteiger partial charge in [-0.05, 0) is 36.4 Å². The number of aldehydes is 1. The molecule has 22 heavy (non-hydrogen) atoms. The number of hydrazine groups is 1. The van der Waals surface area contributed by atoms with Gasteiger partial charge < -0.3 is 10.3 Å². The molecule has 2 aromatic heterocycles. The van der Waals surface area contributed by atoms with Gasteiger partial charge in [-0.3, -0.25) is 4.79 Å². The minimum absolute atomic E-state index is 0.306. The molecule has 3 rings (SSSR count). The lowest BCUT2D eigenvalue weighted by Crippen LogP contribution is -2.22. The fourth-order valence-electron chi connectivity index (χ4n) is 2.24. The van der Waals surface area contributed by atoms with Gasteiger partial charge in [-0.1, -0.05) is 0 Å². The number of nitrogens with one attached hydrogen (secondary N) is 1. The Labute approximate surface area is 126 Å². The van der Waals surface area contributed by atoms with E-state index in [9.17, 15) is 4.79 Å². The molecule has 0 atom stereocenters. The lowest BCUT2D eigenvalue weighted by molar-refractivity contribution is 0.112. The maximum Gasteiger partial charge on any atom is 0.152 e. The molecule has 110 valence electrons. The smallest absolute Gasteiger partial charge is 0.152 e. The molecule has 2 heterocycles. The highest BCUT2D eigenvalue weighted by molar-refractivity contribution is 5.97. The van der Waals surface area contributed by atoms with E-state index in [2.05, 4.69) is 15.6 Å². The summed E-state index contributed by atoms with van der Waals surface area (Å²) in [5, 5.41) is 4.63. The van der Waals surface area contributed by atoms with Crippen LogP contribution >= 0.6 is 0 Å². The van der Waals surface area contributed by atoms with Crippen molar-refractivity contribution < 1.29 is 4.79 Å². The standard InChI is InChI=1S/C15H14N6O/c16-14(19-20-17)11-1-3-13(4-2-11)21-6-5-12-7-10(9-22)8-18-15(12)21/h1-9,20H,17H2,(H2,16,19). The number of hydrogen-bond acceptors (Lipinski definition) is 5. The number of aromatic nitrogens is 2. The van der Waals surface area contributed by atoms with Gasteiger partial charge in [-0.15, -0.1) is 5.10 Å². The molecule has 0 fully saturated rings. The summed E-state index contributed by atoms with van der Waals surface area (Å²) in [5.41, 5.74) is 10.9. The van der Waals surface area contributed by atoms with Crippen LogP contribution in [0.15, 0.2) is 53.9 Å². The van der Waals surface area contributed by atoms with Crippen LogP contribution in [0.1, 0.15) is 15.9 Å². The van der Waals surface area contributed by atoms with Crippen LogP contribution < -0.4 is 17.1 Å². The Morgan fingerprint density at radius 1 is 1.27 bits per heavy atom. The molecule has 0 aliphatic heterocycles. The first-order valence-corrected chi connectivity index (χ1v) is 6.55. The predicted octanol–water partition coefficient (Wildman–Crippen LogP) is 0.922. The van der Waals surface area contributed by atoms with E-state index in [1.165, 1.54) is 0 Å². The lowest BCUT2D eigenvalue weighted by Gasteiger charge is -2.06. The third-order valence-corrected chi connectivity index (χ3v) is 3.31. The number of pyridine rings is 1. The van der Waals surface area contributed by atoms with Gasteiger partial charge in [0, 0.05) is 34.6 Å². The number of hydrazone groups is 1.